The van der Waals surface area contributed by atoms with Crippen LogP contribution in [0.1, 0.15) is 72.3 Å². The van der Waals surface area contributed by atoms with E-state index in [0.717, 1.165) is 6.42 Å². The van der Waals surface area contributed by atoms with Gasteiger partial charge in [-0.3, -0.25) is 18.9 Å². The van der Waals surface area contributed by atoms with E-state index in [2.05, 4.69) is 4.98 Å². The zero-order valence-corrected chi connectivity index (χ0v) is 25.7. The molecule has 0 spiro atoms. The summed E-state index contributed by atoms with van der Waals surface area (Å²) in [6.45, 7) is 8.46. The Bertz CT molecular complexity index is 1040. The van der Waals surface area contributed by atoms with Crippen LogP contribution in [0, 0.1) is 17.3 Å². The molecule has 0 bridgehead atoms. The number of quaternary nitrogens is 1. The van der Waals surface area contributed by atoms with Crippen LogP contribution in [-0.4, -0.2) is 91.0 Å². The van der Waals surface area contributed by atoms with Gasteiger partial charge in [0.05, 0.1) is 50.7 Å². The van der Waals surface area contributed by atoms with Crippen molar-refractivity contribution in [3.63, 3.8) is 0 Å². The average Bonchev–Trinajstić information content (AvgIpc) is 3.38. The number of likely N-dealkylation sites (N-methyl/N-ethyl adjacent to an activating group) is 1. The summed E-state index contributed by atoms with van der Waals surface area (Å²) >= 11 is 0. The Kier molecular flexibility index (Phi) is 14.3. The van der Waals surface area contributed by atoms with Crippen molar-refractivity contribution in [3.05, 3.63) is 18.7 Å². The molecule has 0 aliphatic carbocycles. The van der Waals surface area contributed by atoms with Crippen LogP contribution in [0.3, 0.4) is 0 Å². The van der Waals surface area contributed by atoms with E-state index >= 15 is 0 Å². The number of imidazole rings is 1. The second-order valence-electron chi connectivity index (χ2n) is 11.6. The van der Waals surface area contributed by atoms with Crippen LogP contribution in [0.25, 0.3) is 0 Å². The number of hydrogen-bond donors (Lipinski definition) is 2. The standard InChI is InChI=1S/C27H48N4O8S/c1-7-14-38-25(33)21(3)18-27(4,19-22(24(28)32)17-23(8-2)30-11-10-29-20-30)26(34)39-15-13-31(5,6)12-9-16-40(35,36)37/h10-11,20-23H,7-9,12-19H2,1-6H3,(H2-,28,32,35,36,37)/p+1. The SMILES string of the molecule is CCCOC(=O)C(C)CC(C)(CC(CC(CC)n1ccnc1)C(N)=O)C(=O)OCC[N+](C)(C)CCCS(=O)(=O)O. The van der Waals surface area contributed by atoms with Gasteiger partial charge in [-0.25, -0.2) is 4.98 Å². The lowest BCUT2D eigenvalue weighted by molar-refractivity contribution is -0.890. The lowest BCUT2D eigenvalue weighted by atomic mass is 9.73. The molecule has 0 aliphatic heterocycles. The summed E-state index contributed by atoms with van der Waals surface area (Å²) in [5.74, 6) is -3.10. The molecule has 0 saturated carbocycles. The number of carbonyl (C=O) groups is 3. The number of esters is 2. The number of nitrogens with two attached hydrogens (primary N) is 1. The number of ether oxygens (including phenoxy) is 2. The molecule has 1 heterocycles. The Balaban J connectivity index is 3.05. The zero-order chi connectivity index (χ0) is 30.6. The maximum atomic E-state index is 13.5. The van der Waals surface area contributed by atoms with Crippen LogP contribution in [0.5, 0.6) is 0 Å². The van der Waals surface area contributed by atoms with E-state index in [4.69, 9.17) is 19.8 Å². The van der Waals surface area contributed by atoms with Crippen LogP contribution in [0.15, 0.2) is 18.7 Å². The van der Waals surface area contributed by atoms with E-state index in [0.29, 0.717) is 30.4 Å². The Morgan fingerprint density at radius 2 is 1.80 bits per heavy atom. The number of hydrogen-bond acceptors (Lipinski definition) is 8. The molecule has 0 aliphatic rings. The van der Waals surface area contributed by atoms with Crippen molar-refractivity contribution in [3.8, 4) is 0 Å². The van der Waals surface area contributed by atoms with Crippen molar-refractivity contribution >= 4 is 28.0 Å². The number of carbonyl (C=O) groups excluding carboxylic acids is 3. The summed E-state index contributed by atoms with van der Waals surface area (Å²) in [6, 6.07) is -0.0481. The molecule has 4 unspecified atom stereocenters. The van der Waals surface area contributed by atoms with Gasteiger partial charge in [-0.05, 0) is 39.0 Å². The van der Waals surface area contributed by atoms with Crippen molar-refractivity contribution < 1.29 is 41.3 Å². The predicted octanol–water partition coefficient (Wildman–Crippen LogP) is 2.60. The number of aromatic nitrogens is 2. The van der Waals surface area contributed by atoms with Gasteiger partial charge in [-0.2, -0.15) is 8.42 Å². The van der Waals surface area contributed by atoms with E-state index in [1.54, 1.807) is 26.4 Å². The molecule has 0 fully saturated rings. The summed E-state index contributed by atoms with van der Waals surface area (Å²) in [5, 5.41) is 0. The largest absolute Gasteiger partial charge is 0.465 e. The minimum atomic E-state index is -4.04. The Hall–Kier alpha value is -2.51. The number of amides is 1. The normalized spacial score (nSPS) is 16.0. The first-order valence-corrected chi connectivity index (χ1v) is 15.5. The summed E-state index contributed by atoms with van der Waals surface area (Å²) in [5.41, 5.74) is 4.63. The lowest BCUT2D eigenvalue weighted by Crippen LogP contribution is -2.45. The second-order valence-corrected chi connectivity index (χ2v) is 13.2. The third-order valence-electron chi connectivity index (χ3n) is 7.27. The quantitative estimate of drug-likeness (QED) is 0.132. The van der Waals surface area contributed by atoms with Gasteiger partial charge >= 0.3 is 11.9 Å². The molecule has 1 rings (SSSR count). The van der Waals surface area contributed by atoms with Crippen molar-refractivity contribution in [1.82, 2.24) is 9.55 Å². The number of nitrogens with zero attached hydrogens (tertiary/aromatic N) is 3. The predicted molar refractivity (Wildman–Crippen MR) is 150 cm³/mol. The molecule has 0 radical (unpaired) electrons. The topological polar surface area (TPSA) is 168 Å². The lowest BCUT2D eigenvalue weighted by Gasteiger charge is -2.34. The first kappa shape index (κ1) is 35.5. The molecule has 12 nitrogen and oxygen atoms in total. The molecule has 1 aromatic heterocycles. The van der Waals surface area contributed by atoms with Crippen LogP contribution >= 0.6 is 0 Å². The highest BCUT2D eigenvalue weighted by atomic mass is 32.2. The van der Waals surface area contributed by atoms with Crippen LogP contribution < -0.4 is 5.73 Å². The van der Waals surface area contributed by atoms with Crippen molar-refractivity contribution in [2.75, 3.05) is 46.2 Å². The van der Waals surface area contributed by atoms with Gasteiger partial charge < -0.3 is 24.3 Å². The Morgan fingerprint density at radius 3 is 2.33 bits per heavy atom. The van der Waals surface area contributed by atoms with Gasteiger partial charge in [0.25, 0.3) is 10.1 Å². The third kappa shape index (κ3) is 12.8. The first-order chi connectivity index (χ1) is 18.5. The number of rotatable bonds is 20. The summed E-state index contributed by atoms with van der Waals surface area (Å²) in [7, 11) is -0.308. The highest BCUT2D eigenvalue weighted by Crippen LogP contribution is 2.38. The van der Waals surface area contributed by atoms with Gasteiger partial charge in [0.1, 0.15) is 13.2 Å². The molecule has 1 amide bonds. The molecule has 4 atom stereocenters. The molecule has 0 saturated heterocycles. The Morgan fingerprint density at radius 1 is 1.12 bits per heavy atom. The molecule has 40 heavy (non-hydrogen) atoms. The monoisotopic (exact) mass is 589 g/mol. The van der Waals surface area contributed by atoms with E-state index in [1.807, 2.05) is 38.7 Å². The van der Waals surface area contributed by atoms with Gasteiger partial charge in [0, 0.05) is 30.8 Å². The highest BCUT2D eigenvalue weighted by Gasteiger charge is 2.42. The van der Waals surface area contributed by atoms with Gasteiger partial charge in [0.2, 0.25) is 5.91 Å². The molecule has 13 heteroatoms. The molecule has 1 aromatic rings. The summed E-state index contributed by atoms with van der Waals surface area (Å²) in [4.78, 5) is 42.8. The smallest absolute Gasteiger partial charge is 0.312 e. The minimum Gasteiger partial charge on any atom is -0.465 e. The van der Waals surface area contributed by atoms with Gasteiger partial charge in [0.15, 0.2) is 0 Å². The molecule has 3 N–H and O–H groups in total. The van der Waals surface area contributed by atoms with E-state index in [1.165, 1.54) is 0 Å². The third-order valence-corrected chi connectivity index (χ3v) is 8.07. The van der Waals surface area contributed by atoms with Crippen LogP contribution in [0.2, 0.25) is 0 Å². The van der Waals surface area contributed by atoms with Crippen molar-refractivity contribution in [2.24, 2.45) is 23.0 Å². The van der Waals surface area contributed by atoms with E-state index in [-0.39, 0.29) is 44.3 Å². The maximum absolute atomic E-state index is 13.5. The van der Waals surface area contributed by atoms with Gasteiger partial charge in [-0.1, -0.05) is 20.8 Å². The average molecular weight is 590 g/mol. The first-order valence-electron chi connectivity index (χ1n) is 13.9. The molecular weight excluding hydrogens is 540 g/mol. The second kappa shape index (κ2) is 16.1. The summed E-state index contributed by atoms with van der Waals surface area (Å²) in [6.07, 6.45) is 7.44. The highest BCUT2D eigenvalue weighted by molar-refractivity contribution is 7.85. The fraction of sp³-hybridized carbons (Fsp3) is 0.778. The van der Waals surface area contributed by atoms with E-state index < -0.39 is 45.2 Å². The molecule has 0 aromatic carbocycles. The van der Waals surface area contributed by atoms with Gasteiger partial charge in [-0.15, -0.1) is 0 Å². The zero-order valence-electron chi connectivity index (χ0n) is 24.9. The Labute approximate surface area is 238 Å². The minimum absolute atomic E-state index is 0.0481. The van der Waals surface area contributed by atoms with Crippen molar-refractivity contribution in [2.45, 2.75) is 72.3 Å². The van der Waals surface area contributed by atoms with Crippen LogP contribution in [0.4, 0.5) is 0 Å². The van der Waals surface area contributed by atoms with Crippen LogP contribution in [-0.2, 0) is 34.0 Å². The van der Waals surface area contributed by atoms with Crippen molar-refractivity contribution in [1.29, 1.82) is 0 Å². The fourth-order valence-electron chi connectivity index (χ4n) is 4.86. The number of primary amides is 1. The molecular formula is C27H49N4O8S+. The molecule has 230 valence electrons. The maximum Gasteiger partial charge on any atom is 0.312 e. The summed E-state index contributed by atoms with van der Waals surface area (Å²) < 4.78 is 44.3. The fourth-order valence-corrected chi connectivity index (χ4v) is 5.35. The van der Waals surface area contributed by atoms with E-state index in [9.17, 15) is 22.8 Å².